The van der Waals surface area contributed by atoms with Gasteiger partial charge < -0.3 is 24.1 Å². The highest BCUT2D eigenvalue weighted by Gasteiger charge is 2.18. The first-order chi connectivity index (χ1) is 15.7. The van der Waals surface area contributed by atoms with Crippen molar-refractivity contribution in [1.29, 1.82) is 0 Å². The van der Waals surface area contributed by atoms with Crippen LogP contribution < -0.4 is 14.8 Å². The number of carbonyl (C=O) groups excluding carboxylic acids is 1. The van der Waals surface area contributed by atoms with Crippen LogP contribution in [0.15, 0.2) is 47.6 Å². The summed E-state index contributed by atoms with van der Waals surface area (Å²) < 4.78 is 18.2. The quantitative estimate of drug-likeness (QED) is 0.368. The van der Waals surface area contributed by atoms with Crippen molar-refractivity contribution in [2.24, 2.45) is 0 Å². The highest BCUT2D eigenvalue weighted by atomic mass is 35.5. The third-order valence-electron chi connectivity index (χ3n) is 4.72. The molecule has 1 amide bonds. The number of methoxy groups -OCH3 is 1. The number of carbonyl (C=O) groups is 1. The summed E-state index contributed by atoms with van der Waals surface area (Å²) in [4.78, 5) is 12.6. The van der Waals surface area contributed by atoms with Crippen molar-refractivity contribution in [3.8, 4) is 22.9 Å². The van der Waals surface area contributed by atoms with Crippen LogP contribution in [0, 0.1) is 0 Å². The van der Waals surface area contributed by atoms with Crippen LogP contribution in [0.2, 0.25) is 5.02 Å². The number of thioether (sulfide) groups is 1. The molecule has 2 aromatic carbocycles. The average Bonchev–Trinajstić information content (AvgIpc) is 3.20. The van der Waals surface area contributed by atoms with Crippen LogP contribution in [0.5, 0.6) is 11.5 Å². The maximum Gasteiger partial charge on any atom is 0.234 e. The standard InChI is InChI=1S/C22H23ClN4O4S/c1-29-10-4-9-27-21(16-5-2-3-6-17(16)23)25-26-22(27)32-14-20(28)24-15-7-8-18-19(13-15)31-12-11-30-18/h2-3,5-8,13H,4,9-12,14H2,1H3,(H,24,28). The lowest BCUT2D eigenvalue weighted by molar-refractivity contribution is -0.113. The predicted molar refractivity (Wildman–Crippen MR) is 124 cm³/mol. The molecule has 2 heterocycles. The summed E-state index contributed by atoms with van der Waals surface area (Å²) >= 11 is 7.69. The summed E-state index contributed by atoms with van der Waals surface area (Å²) in [5.41, 5.74) is 1.45. The number of fused-ring (bicyclic) bond motifs is 1. The van der Waals surface area contributed by atoms with Gasteiger partial charge in [-0.05, 0) is 30.7 Å². The maximum absolute atomic E-state index is 12.6. The molecule has 1 aliphatic heterocycles. The van der Waals surface area contributed by atoms with Crippen LogP contribution in [0.4, 0.5) is 5.69 Å². The molecule has 4 rings (SSSR count). The second-order valence-corrected chi connectivity index (χ2v) is 8.33. The number of aromatic nitrogens is 3. The van der Waals surface area contributed by atoms with E-state index in [1.165, 1.54) is 11.8 Å². The van der Waals surface area contributed by atoms with Gasteiger partial charge in [0.2, 0.25) is 5.91 Å². The van der Waals surface area contributed by atoms with E-state index in [1.807, 2.05) is 28.8 Å². The number of amides is 1. The van der Waals surface area contributed by atoms with E-state index in [9.17, 15) is 4.79 Å². The van der Waals surface area contributed by atoms with Crippen LogP contribution in [0.25, 0.3) is 11.4 Å². The lowest BCUT2D eigenvalue weighted by Crippen LogP contribution is -2.17. The van der Waals surface area contributed by atoms with Crippen molar-refractivity contribution in [2.45, 2.75) is 18.1 Å². The maximum atomic E-state index is 12.6. The van der Waals surface area contributed by atoms with Crippen molar-refractivity contribution in [3.05, 3.63) is 47.5 Å². The Hall–Kier alpha value is -2.75. The molecule has 10 heteroatoms. The van der Waals surface area contributed by atoms with Crippen molar-refractivity contribution in [3.63, 3.8) is 0 Å². The second-order valence-electron chi connectivity index (χ2n) is 6.98. The molecule has 0 aliphatic carbocycles. The van der Waals surface area contributed by atoms with Crippen molar-refractivity contribution in [1.82, 2.24) is 14.8 Å². The minimum Gasteiger partial charge on any atom is -0.486 e. The van der Waals surface area contributed by atoms with E-state index in [0.29, 0.717) is 59.6 Å². The Morgan fingerprint density at radius 2 is 2.00 bits per heavy atom. The Labute approximate surface area is 195 Å². The van der Waals surface area contributed by atoms with Gasteiger partial charge in [0.05, 0.1) is 10.8 Å². The van der Waals surface area contributed by atoms with Gasteiger partial charge in [0, 0.05) is 37.6 Å². The molecule has 168 valence electrons. The normalized spacial score (nSPS) is 12.6. The summed E-state index contributed by atoms with van der Waals surface area (Å²) in [7, 11) is 1.67. The average molecular weight is 475 g/mol. The van der Waals surface area contributed by atoms with Gasteiger partial charge in [0.15, 0.2) is 22.5 Å². The molecular weight excluding hydrogens is 452 g/mol. The zero-order chi connectivity index (χ0) is 22.3. The third-order valence-corrected chi connectivity index (χ3v) is 6.02. The first kappa shape index (κ1) is 22.4. The summed E-state index contributed by atoms with van der Waals surface area (Å²) in [5.74, 6) is 2.00. The predicted octanol–water partition coefficient (Wildman–Crippen LogP) is 4.14. The van der Waals surface area contributed by atoms with Crippen molar-refractivity contribution in [2.75, 3.05) is 38.0 Å². The van der Waals surface area contributed by atoms with E-state index in [2.05, 4.69) is 15.5 Å². The van der Waals surface area contributed by atoms with Gasteiger partial charge in [-0.25, -0.2) is 0 Å². The summed E-state index contributed by atoms with van der Waals surface area (Å²) in [5, 5.41) is 12.8. The first-order valence-electron chi connectivity index (χ1n) is 10.1. The lowest BCUT2D eigenvalue weighted by atomic mass is 10.2. The second kappa shape index (κ2) is 10.7. The molecule has 0 radical (unpaired) electrons. The summed E-state index contributed by atoms with van der Waals surface area (Å²) in [6.45, 7) is 2.27. The molecule has 0 saturated carbocycles. The fourth-order valence-corrected chi connectivity index (χ4v) is 4.24. The van der Waals surface area contributed by atoms with Crippen LogP contribution in [-0.4, -0.2) is 53.4 Å². The largest absolute Gasteiger partial charge is 0.486 e. The zero-order valence-corrected chi connectivity index (χ0v) is 19.1. The lowest BCUT2D eigenvalue weighted by Gasteiger charge is -2.19. The molecule has 1 aromatic heterocycles. The molecule has 0 atom stereocenters. The summed E-state index contributed by atoms with van der Waals surface area (Å²) in [6, 6.07) is 12.8. The third kappa shape index (κ3) is 5.35. The SMILES string of the molecule is COCCCn1c(SCC(=O)Nc2ccc3c(c2)OCCO3)nnc1-c1ccccc1Cl. The fraction of sp³-hybridized carbons (Fsp3) is 0.318. The number of nitrogens with zero attached hydrogens (tertiary/aromatic N) is 3. The number of halogens is 1. The smallest absolute Gasteiger partial charge is 0.234 e. The van der Waals surface area contributed by atoms with Gasteiger partial charge in [-0.15, -0.1) is 10.2 Å². The number of benzene rings is 2. The highest BCUT2D eigenvalue weighted by Crippen LogP contribution is 2.33. The Morgan fingerprint density at radius 3 is 2.81 bits per heavy atom. The van der Waals surface area contributed by atoms with Gasteiger partial charge in [-0.2, -0.15) is 0 Å². The molecule has 0 unspecified atom stereocenters. The minimum atomic E-state index is -0.155. The monoisotopic (exact) mass is 474 g/mol. The number of ether oxygens (including phenoxy) is 3. The molecule has 32 heavy (non-hydrogen) atoms. The van der Waals surface area contributed by atoms with E-state index >= 15 is 0 Å². The van der Waals surface area contributed by atoms with Crippen LogP contribution in [-0.2, 0) is 16.1 Å². The molecule has 8 nitrogen and oxygen atoms in total. The van der Waals surface area contributed by atoms with Gasteiger partial charge >= 0.3 is 0 Å². The van der Waals surface area contributed by atoms with Crippen LogP contribution >= 0.6 is 23.4 Å². The molecule has 1 aliphatic rings. The fourth-order valence-electron chi connectivity index (χ4n) is 3.25. The minimum absolute atomic E-state index is 0.155. The number of hydrogen-bond acceptors (Lipinski definition) is 7. The van der Waals surface area contributed by atoms with Gasteiger partial charge in [-0.3, -0.25) is 4.79 Å². The molecule has 1 N–H and O–H groups in total. The Balaban J connectivity index is 1.45. The first-order valence-corrected chi connectivity index (χ1v) is 11.5. The molecule has 0 fully saturated rings. The van der Waals surface area contributed by atoms with E-state index in [-0.39, 0.29) is 11.7 Å². The number of nitrogens with one attached hydrogen (secondary N) is 1. The number of anilines is 1. The molecule has 0 spiro atoms. The number of rotatable bonds is 9. The molecule has 0 saturated heterocycles. The van der Waals surface area contributed by atoms with Gasteiger partial charge in [0.25, 0.3) is 0 Å². The van der Waals surface area contributed by atoms with Crippen molar-refractivity contribution >= 4 is 35.0 Å². The van der Waals surface area contributed by atoms with E-state index in [1.54, 1.807) is 25.3 Å². The molecule has 0 bridgehead atoms. The topological polar surface area (TPSA) is 87.5 Å². The highest BCUT2D eigenvalue weighted by molar-refractivity contribution is 7.99. The Kier molecular flexibility index (Phi) is 7.51. The van der Waals surface area contributed by atoms with Crippen LogP contribution in [0.1, 0.15) is 6.42 Å². The van der Waals surface area contributed by atoms with Crippen molar-refractivity contribution < 1.29 is 19.0 Å². The summed E-state index contributed by atoms with van der Waals surface area (Å²) in [6.07, 6.45) is 0.781. The van der Waals surface area contributed by atoms with E-state index in [4.69, 9.17) is 25.8 Å². The molecular formula is C22H23ClN4O4S. The van der Waals surface area contributed by atoms with E-state index in [0.717, 1.165) is 12.0 Å². The number of hydrogen-bond donors (Lipinski definition) is 1. The van der Waals surface area contributed by atoms with E-state index < -0.39 is 0 Å². The molecule has 3 aromatic rings. The zero-order valence-electron chi connectivity index (χ0n) is 17.5. The Bertz CT molecular complexity index is 1090. The van der Waals surface area contributed by atoms with Gasteiger partial charge in [-0.1, -0.05) is 35.5 Å². The van der Waals surface area contributed by atoms with Gasteiger partial charge in [0.1, 0.15) is 13.2 Å². The van der Waals surface area contributed by atoms with Crippen LogP contribution in [0.3, 0.4) is 0 Å². The Morgan fingerprint density at radius 1 is 1.19 bits per heavy atom.